The molecule has 0 fully saturated rings. The van der Waals surface area contributed by atoms with Gasteiger partial charge in [0, 0.05) is 30.3 Å². The van der Waals surface area contributed by atoms with Crippen molar-refractivity contribution < 1.29 is 15.0 Å². The summed E-state index contributed by atoms with van der Waals surface area (Å²) in [5.41, 5.74) is 2.49. The Morgan fingerprint density at radius 2 is 2.11 bits per heavy atom. The second kappa shape index (κ2) is 5.45. The maximum absolute atomic E-state index is 11.1. The number of fused-ring (bicyclic) bond motifs is 1. The minimum Gasteiger partial charge on any atom is -0.478 e. The molecule has 0 radical (unpaired) electrons. The van der Waals surface area contributed by atoms with Crippen LogP contribution in [0.25, 0.3) is 10.9 Å². The molecular weight excluding hydrogens is 242 g/mol. The molecule has 0 bridgehead atoms. The van der Waals surface area contributed by atoms with Crippen molar-refractivity contribution in [2.24, 2.45) is 0 Å². The zero-order valence-electron chi connectivity index (χ0n) is 11.3. The fourth-order valence-electron chi connectivity index (χ4n) is 2.34. The topological polar surface area (TPSA) is 62.5 Å². The smallest absolute Gasteiger partial charge is 0.335 e. The number of carboxylic acids is 1. The molecular formula is C15H19NO3. The van der Waals surface area contributed by atoms with Gasteiger partial charge < -0.3 is 14.8 Å². The summed E-state index contributed by atoms with van der Waals surface area (Å²) >= 11 is 0. The third kappa shape index (κ3) is 2.63. The number of aryl methyl sites for hydroxylation is 1. The molecule has 1 aromatic carbocycles. The van der Waals surface area contributed by atoms with Crippen molar-refractivity contribution in [2.45, 2.75) is 32.7 Å². The average molecular weight is 261 g/mol. The van der Waals surface area contributed by atoms with E-state index in [4.69, 9.17) is 10.2 Å². The summed E-state index contributed by atoms with van der Waals surface area (Å²) in [6.07, 6.45) is 2.76. The van der Waals surface area contributed by atoms with E-state index < -0.39 is 5.97 Å². The number of benzene rings is 1. The molecule has 0 aliphatic carbocycles. The van der Waals surface area contributed by atoms with Gasteiger partial charge in [-0.05, 0) is 36.1 Å². The summed E-state index contributed by atoms with van der Waals surface area (Å²) in [6, 6.07) is 5.22. The molecule has 0 saturated heterocycles. The van der Waals surface area contributed by atoms with E-state index in [2.05, 4.69) is 24.6 Å². The molecule has 1 aromatic heterocycles. The molecule has 4 heteroatoms. The minimum absolute atomic E-state index is 0.157. The van der Waals surface area contributed by atoms with Gasteiger partial charge in [-0.25, -0.2) is 4.79 Å². The van der Waals surface area contributed by atoms with Crippen LogP contribution in [0, 0.1) is 0 Å². The van der Waals surface area contributed by atoms with Crippen LogP contribution < -0.4 is 0 Å². The summed E-state index contributed by atoms with van der Waals surface area (Å²) < 4.78 is 2.09. The van der Waals surface area contributed by atoms with E-state index in [1.165, 1.54) is 0 Å². The Morgan fingerprint density at radius 1 is 1.37 bits per heavy atom. The fourth-order valence-corrected chi connectivity index (χ4v) is 2.34. The molecule has 0 atom stereocenters. The third-order valence-electron chi connectivity index (χ3n) is 3.34. The molecule has 0 aliphatic heterocycles. The van der Waals surface area contributed by atoms with E-state index >= 15 is 0 Å². The van der Waals surface area contributed by atoms with Crippen LogP contribution in [-0.2, 0) is 6.54 Å². The molecule has 2 N–H and O–H groups in total. The van der Waals surface area contributed by atoms with Crippen molar-refractivity contribution in [2.75, 3.05) is 6.61 Å². The van der Waals surface area contributed by atoms with E-state index in [-0.39, 0.29) is 6.61 Å². The molecule has 0 unspecified atom stereocenters. The van der Waals surface area contributed by atoms with Crippen molar-refractivity contribution in [3.8, 4) is 0 Å². The standard InChI is InChI=1S/C15H19NO3/c1-10(2)13-9-16(6-3-7-17)14-5-4-11(15(18)19)8-12(13)14/h4-5,8-10,17H,3,6-7H2,1-2H3,(H,18,19). The first-order valence-corrected chi connectivity index (χ1v) is 6.51. The van der Waals surface area contributed by atoms with Crippen LogP contribution in [0.3, 0.4) is 0 Å². The van der Waals surface area contributed by atoms with Gasteiger partial charge in [-0.15, -0.1) is 0 Å². The lowest BCUT2D eigenvalue weighted by Gasteiger charge is -2.03. The summed E-state index contributed by atoms with van der Waals surface area (Å²) in [7, 11) is 0. The molecule has 2 aromatic rings. The monoisotopic (exact) mass is 261 g/mol. The maximum atomic E-state index is 11.1. The summed E-state index contributed by atoms with van der Waals surface area (Å²) in [5.74, 6) is -0.568. The third-order valence-corrected chi connectivity index (χ3v) is 3.34. The molecule has 0 amide bonds. The maximum Gasteiger partial charge on any atom is 0.335 e. The molecule has 2 rings (SSSR count). The van der Waals surface area contributed by atoms with Crippen LogP contribution in [0.4, 0.5) is 0 Å². The van der Waals surface area contributed by atoms with Gasteiger partial charge >= 0.3 is 5.97 Å². The molecule has 4 nitrogen and oxygen atoms in total. The second-order valence-electron chi connectivity index (χ2n) is 5.05. The Hall–Kier alpha value is -1.81. The van der Waals surface area contributed by atoms with Gasteiger partial charge in [0.2, 0.25) is 0 Å². The zero-order chi connectivity index (χ0) is 14.0. The van der Waals surface area contributed by atoms with Crippen molar-refractivity contribution in [3.05, 3.63) is 35.5 Å². The quantitative estimate of drug-likeness (QED) is 0.870. The van der Waals surface area contributed by atoms with Gasteiger partial charge in [0.05, 0.1) is 5.56 Å². The van der Waals surface area contributed by atoms with E-state index in [1.807, 2.05) is 6.07 Å². The highest BCUT2D eigenvalue weighted by Gasteiger charge is 2.13. The lowest BCUT2D eigenvalue weighted by Crippen LogP contribution is -1.99. The number of carboxylic acid groups (broad SMARTS) is 1. The zero-order valence-corrected chi connectivity index (χ0v) is 11.3. The summed E-state index contributed by atoms with van der Waals surface area (Å²) in [4.78, 5) is 11.1. The SMILES string of the molecule is CC(C)c1cn(CCCO)c2ccc(C(=O)O)cc12. The van der Waals surface area contributed by atoms with E-state index in [1.54, 1.807) is 12.1 Å². The first kappa shape index (κ1) is 13.6. The molecule has 102 valence electrons. The van der Waals surface area contributed by atoms with E-state index in [0.717, 1.165) is 23.0 Å². The van der Waals surface area contributed by atoms with Gasteiger partial charge in [-0.3, -0.25) is 0 Å². The first-order chi connectivity index (χ1) is 9.04. The van der Waals surface area contributed by atoms with Crippen LogP contribution in [0.1, 0.15) is 42.1 Å². The molecule has 1 heterocycles. The van der Waals surface area contributed by atoms with Gasteiger partial charge in [-0.2, -0.15) is 0 Å². The van der Waals surface area contributed by atoms with Crippen LogP contribution in [0.15, 0.2) is 24.4 Å². The predicted octanol–water partition coefficient (Wildman–Crippen LogP) is 2.85. The molecule has 0 spiro atoms. The van der Waals surface area contributed by atoms with Gasteiger partial charge in [0.1, 0.15) is 0 Å². The number of aliphatic hydroxyl groups excluding tert-OH is 1. The Morgan fingerprint density at radius 3 is 2.68 bits per heavy atom. The Labute approximate surface area is 112 Å². The molecule has 0 saturated carbocycles. The van der Waals surface area contributed by atoms with Crippen molar-refractivity contribution in [3.63, 3.8) is 0 Å². The van der Waals surface area contributed by atoms with Gasteiger partial charge in [0.15, 0.2) is 0 Å². The number of hydrogen-bond acceptors (Lipinski definition) is 2. The molecule has 0 aliphatic rings. The number of carbonyl (C=O) groups is 1. The fraction of sp³-hybridized carbons (Fsp3) is 0.400. The van der Waals surface area contributed by atoms with Crippen LogP contribution in [0.2, 0.25) is 0 Å². The van der Waals surface area contributed by atoms with Gasteiger partial charge in [0.25, 0.3) is 0 Å². The van der Waals surface area contributed by atoms with Gasteiger partial charge in [-0.1, -0.05) is 13.8 Å². The average Bonchev–Trinajstić information content (AvgIpc) is 2.74. The number of aromatic carboxylic acids is 1. The predicted molar refractivity (Wildman–Crippen MR) is 74.7 cm³/mol. The number of aliphatic hydroxyl groups is 1. The highest BCUT2D eigenvalue weighted by molar-refractivity contribution is 5.95. The van der Waals surface area contributed by atoms with Crippen molar-refractivity contribution >= 4 is 16.9 Å². The number of nitrogens with zero attached hydrogens (tertiary/aromatic N) is 1. The Balaban J connectivity index is 2.57. The minimum atomic E-state index is -0.903. The molecule has 19 heavy (non-hydrogen) atoms. The summed E-state index contributed by atoms with van der Waals surface area (Å²) in [6.45, 7) is 5.09. The highest BCUT2D eigenvalue weighted by Crippen LogP contribution is 2.28. The highest BCUT2D eigenvalue weighted by atomic mass is 16.4. The van der Waals surface area contributed by atoms with Crippen LogP contribution in [-0.4, -0.2) is 27.4 Å². The van der Waals surface area contributed by atoms with Crippen molar-refractivity contribution in [1.29, 1.82) is 0 Å². The number of aromatic nitrogens is 1. The number of hydrogen-bond donors (Lipinski definition) is 2. The Kier molecular flexibility index (Phi) is 3.90. The van der Waals surface area contributed by atoms with Crippen molar-refractivity contribution in [1.82, 2.24) is 4.57 Å². The van der Waals surface area contributed by atoms with Crippen LogP contribution in [0.5, 0.6) is 0 Å². The number of rotatable bonds is 5. The Bertz CT molecular complexity index is 599. The lowest BCUT2D eigenvalue weighted by atomic mass is 10.0. The largest absolute Gasteiger partial charge is 0.478 e. The van der Waals surface area contributed by atoms with E-state index in [0.29, 0.717) is 17.9 Å². The lowest BCUT2D eigenvalue weighted by molar-refractivity contribution is 0.0697. The van der Waals surface area contributed by atoms with E-state index in [9.17, 15) is 4.79 Å². The van der Waals surface area contributed by atoms with Crippen LogP contribution >= 0.6 is 0 Å². The second-order valence-corrected chi connectivity index (χ2v) is 5.05. The first-order valence-electron chi connectivity index (χ1n) is 6.51. The summed E-state index contributed by atoms with van der Waals surface area (Å²) in [5, 5.41) is 19.0. The normalized spacial score (nSPS) is 11.4.